The number of aliphatic hydroxyl groups excluding tert-OH is 2. The minimum atomic E-state index is -0.887. The SMILES string of the molecule is CC[C@H]1OC(=O)[C@H](C)[C@@H](O)[C@H](C)[C@H]2O[C@]3(O[C@]2(C)C[C@H]3C)[C@H](C)[C@@H](O)[C@H]1C. The number of hydrogen-bond donors (Lipinski definition) is 2. The number of esters is 1. The van der Waals surface area contributed by atoms with Gasteiger partial charge in [-0.15, -0.1) is 0 Å². The molecule has 3 aliphatic rings. The van der Waals surface area contributed by atoms with Gasteiger partial charge in [0.05, 0.1) is 29.8 Å². The monoisotopic (exact) mass is 384 g/mol. The number of hydrogen-bond acceptors (Lipinski definition) is 6. The molecule has 3 saturated heterocycles. The lowest BCUT2D eigenvalue weighted by Crippen LogP contribution is -2.55. The first-order chi connectivity index (χ1) is 12.5. The molecule has 1 spiro atoms. The summed E-state index contributed by atoms with van der Waals surface area (Å²) in [5, 5.41) is 22.0. The summed E-state index contributed by atoms with van der Waals surface area (Å²) in [4.78, 5) is 12.6. The lowest BCUT2D eigenvalue weighted by atomic mass is 9.73. The average Bonchev–Trinajstić information content (AvgIpc) is 3.09. The molecule has 0 aromatic heterocycles. The van der Waals surface area contributed by atoms with Gasteiger partial charge in [-0.2, -0.15) is 0 Å². The second-order valence-electron chi connectivity index (χ2n) is 9.44. The zero-order valence-electron chi connectivity index (χ0n) is 17.6. The molecule has 2 N–H and O–H groups in total. The molecule has 6 nitrogen and oxygen atoms in total. The number of carbonyl (C=O) groups excluding carboxylic acids is 1. The van der Waals surface area contributed by atoms with Crippen LogP contribution in [0.1, 0.15) is 61.3 Å². The zero-order valence-corrected chi connectivity index (χ0v) is 17.6. The van der Waals surface area contributed by atoms with Crippen molar-refractivity contribution in [1.82, 2.24) is 0 Å². The summed E-state index contributed by atoms with van der Waals surface area (Å²) in [5.74, 6) is -2.71. The molecule has 3 fully saturated rings. The second kappa shape index (κ2) is 6.97. The minimum Gasteiger partial charge on any atom is -0.462 e. The van der Waals surface area contributed by atoms with E-state index in [1.54, 1.807) is 6.92 Å². The van der Waals surface area contributed by atoms with E-state index in [2.05, 4.69) is 6.92 Å². The lowest BCUT2D eigenvalue weighted by Gasteiger charge is -2.44. The topological polar surface area (TPSA) is 85.2 Å². The van der Waals surface area contributed by atoms with Crippen LogP contribution < -0.4 is 0 Å². The van der Waals surface area contributed by atoms with Gasteiger partial charge in [0.1, 0.15) is 6.10 Å². The molecule has 0 aromatic rings. The van der Waals surface area contributed by atoms with E-state index in [9.17, 15) is 15.0 Å². The maximum atomic E-state index is 12.6. The number of ether oxygens (including phenoxy) is 3. The van der Waals surface area contributed by atoms with Crippen LogP contribution in [0.4, 0.5) is 0 Å². The van der Waals surface area contributed by atoms with Gasteiger partial charge in [0.15, 0.2) is 5.79 Å². The molecular formula is C21H36O6. The van der Waals surface area contributed by atoms with Gasteiger partial charge in [0, 0.05) is 23.7 Å². The Bertz CT molecular complexity index is 581. The van der Waals surface area contributed by atoms with E-state index < -0.39 is 41.6 Å². The lowest BCUT2D eigenvalue weighted by molar-refractivity contribution is -0.250. The molecule has 0 amide bonds. The maximum absolute atomic E-state index is 12.6. The fourth-order valence-corrected chi connectivity index (χ4v) is 5.71. The third-order valence-corrected chi connectivity index (χ3v) is 7.55. The van der Waals surface area contributed by atoms with Gasteiger partial charge < -0.3 is 24.4 Å². The first-order valence-corrected chi connectivity index (χ1v) is 10.4. The quantitative estimate of drug-likeness (QED) is 0.676. The van der Waals surface area contributed by atoms with Crippen LogP contribution in [0.25, 0.3) is 0 Å². The first kappa shape index (κ1) is 21.0. The van der Waals surface area contributed by atoms with Crippen molar-refractivity contribution in [1.29, 1.82) is 0 Å². The van der Waals surface area contributed by atoms with Crippen molar-refractivity contribution in [2.24, 2.45) is 29.6 Å². The van der Waals surface area contributed by atoms with E-state index in [4.69, 9.17) is 14.2 Å². The van der Waals surface area contributed by atoms with Gasteiger partial charge in [-0.1, -0.05) is 34.6 Å². The van der Waals surface area contributed by atoms with Crippen LogP contribution in [0.5, 0.6) is 0 Å². The van der Waals surface area contributed by atoms with Gasteiger partial charge in [-0.3, -0.25) is 4.79 Å². The Hall–Kier alpha value is -0.690. The summed E-state index contributed by atoms with van der Waals surface area (Å²) in [6.07, 6.45) is -0.986. The van der Waals surface area contributed by atoms with E-state index >= 15 is 0 Å². The van der Waals surface area contributed by atoms with E-state index in [0.717, 1.165) is 6.42 Å². The summed E-state index contributed by atoms with van der Waals surface area (Å²) >= 11 is 0. The number of aliphatic hydroxyl groups is 2. The van der Waals surface area contributed by atoms with Gasteiger partial charge in [-0.25, -0.2) is 0 Å². The van der Waals surface area contributed by atoms with Crippen molar-refractivity contribution < 1.29 is 29.2 Å². The normalized spacial score (nSPS) is 56.3. The van der Waals surface area contributed by atoms with Gasteiger partial charge >= 0.3 is 5.97 Å². The minimum absolute atomic E-state index is 0.128. The highest BCUT2D eigenvalue weighted by Crippen LogP contribution is 2.59. The largest absolute Gasteiger partial charge is 0.462 e. The third-order valence-electron chi connectivity index (χ3n) is 7.55. The molecule has 3 aliphatic heterocycles. The van der Waals surface area contributed by atoms with Gasteiger partial charge in [0.2, 0.25) is 0 Å². The summed E-state index contributed by atoms with van der Waals surface area (Å²) in [6.45, 7) is 13.5. The predicted octanol–water partition coefficient (Wildman–Crippen LogP) is 2.50. The predicted molar refractivity (Wildman–Crippen MR) is 99.7 cm³/mol. The highest BCUT2D eigenvalue weighted by molar-refractivity contribution is 5.73. The van der Waals surface area contributed by atoms with Crippen molar-refractivity contribution in [3.05, 3.63) is 0 Å². The Labute approximate surface area is 162 Å². The molecule has 27 heavy (non-hydrogen) atoms. The van der Waals surface area contributed by atoms with Crippen molar-refractivity contribution in [3.63, 3.8) is 0 Å². The Kier molecular flexibility index (Phi) is 5.43. The summed E-state index contributed by atoms with van der Waals surface area (Å²) in [7, 11) is 0. The van der Waals surface area contributed by atoms with Crippen LogP contribution in [0.2, 0.25) is 0 Å². The van der Waals surface area contributed by atoms with Crippen LogP contribution in [-0.4, -0.2) is 52.0 Å². The Morgan fingerprint density at radius 2 is 1.70 bits per heavy atom. The van der Waals surface area contributed by atoms with E-state index in [-0.39, 0.29) is 29.8 Å². The van der Waals surface area contributed by atoms with Crippen molar-refractivity contribution in [3.8, 4) is 0 Å². The number of cyclic esters (lactones) is 1. The van der Waals surface area contributed by atoms with E-state index in [1.165, 1.54) is 0 Å². The number of rotatable bonds is 1. The van der Waals surface area contributed by atoms with Crippen LogP contribution in [0.3, 0.4) is 0 Å². The molecule has 6 heteroatoms. The van der Waals surface area contributed by atoms with Gasteiger partial charge in [0.25, 0.3) is 0 Å². The molecule has 0 radical (unpaired) electrons. The van der Waals surface area contributed by atoms with E-state index in [0.29, 0.717) is 6.42 Å². The second-order valence-corrected chi connectivity index (χ2v) is 9.44. The summed E-state index contributed by atoms with van der Waals surface area (Å²) < 4.78 is 18.7. The maximum Gasteiger partial charge on any atom is 0.311 e. The molecule has 156 valence electrons. The molecule has 0 saturated carbocycles. The van der Waals surface area contributed by atoms with Gasteiger partial charge in [-0.05, 0) is 26.7 Å². The molecule has 0 unspecified atom stereocenters. The first-order valence-electron chi connectivity index (χ1n) is 10.4. The Morgan fingerprint density at radius 3 is 2.30 bits per heavy atom. The van der Waals surface area contributed by atoms with Crippen LogP contribution in [0.15, 0.2) is 0 Å². The summed E-state index contributed by atoms with van der Waals surface area (Å²) in [6, 6.07) is 0. The van der Waals surface area contributed by atoms with Crippen LogP contribution >= 0.6 is 0 Å². The Balaban J connectivity index is 2.04. The third kappa shape index (κ3) is 3.04. The molecule has 3 heterocycles. The van der Waals surface area contributed by atoms with Crippen LogP contribution in [-0.2, 0) is 19.0 Å². The fraction of sp³-hybridized carbons (Fsp3) is 0.952. The fourth-order valence-electron chi connectivity index (χ4n) is 5.71. The van der Waals surface area contributed by atoms with Crippen molar-refractivity contribution in [2.75, 3.05) is 0 Å². The molecule has 3 bridgehead atoms. The Morgan fingerprint density at radius 1 is 1.07 bits per heavy atom. The smallest absolute Gasteiger partial charge is 0.311 e. The van der Waals surface area contributed by atoms with Crippen LogP contribution in [0, 0.1) is 29.6 Å². The summed E-state index contributed by atoms with van der Waals surface area (Å²) in [5.41, 5.74) is -0.543. The molecule has 3 rings (SSSR count). The standard InChI is InChI=1S/C21H36O6/c1-8-15-11(3)17(23)14(6)21-10(2)9-20(7,27-21)18(26-21)12(4)16(22)13(5)19(24)25-15/h10-18,22-23H,8-9H2,1-7H3/t10-,11+,12+,13-,14-,15-,16+,17+,18-,20-,21-/m1/s1. The number of fused-ring (bicyclic) bond motifs is 3. The molecule has 11 atom stereocenters. The highest BCUT2D eigenvalue weighted by Gasteiger charge is 2.68. The van der Waals surface area contributed by atoms with Crippen molar-refractivity contribution >= 4 is 5.97 Å². The number of carbonyl (C=O) groups is 1. The van der Waals surface area contributed by atoms with Crippen molar-refractivity contribution in [2.45, 2.75) is 97.1 Å². The molecule has 0 aliphatic carbocycles. The molecule has 0 aromatic carbocycles. The zero-order chi connectivity index (χ0) is 20.3. The van der Waals surface area contributed by atoms with E-state index in [1.807, 2.05) is 34.6 Å². The highest BCUT2D eigenvalue weighted by atomic mass is 16.8. The molecular weight excluding hydrogens is 348 g/mol. The average molecular weight is 385 g/mol.